The van der Waals surface area contributed by atoms with Gasteiger partial charge in [-0.05, 0) is 27.7 Å². The van der Waals surface area contributed by atoms with E-state index >= 15 is 0 Å². The minimum Gasteiger partial charge on any atom is -0.861 e. The molecule has 11 nitrogen and oxygen atoms in total. The molecule has 0 unspecified atom stereocenters. The minimum absolute atomic E-state index is 0. The maximum Gasteiger partial charge on any atom is 3.00 e. The minimum atomic E-state index is -1.01. The second-order valence-electron chi connectivity index (χ2n) is 4.44. The molecule has 0 aliphatic carbocycles. The van der Waals surface area contributed by atoms with Crippen LogP contribution in [0.5, 0.6) is 0 Å². The molecule has 0 aliphatic heterocycles. The summed E-state index contributed by atoms with van der Waals surface area (Å²) in [5.74, 6) is 0. The van der Waals surface area contributed by atoms with Gasteiger partial charge in [0.15, 0.2) is 0 Å². The molecule has 2 N–H and O–H groups in total. The molecule has 134 valence electrons. The van der Waals surface area contributed by atoms with Gasteiger partial charge in [-0.1, -0.05) is 0 Å². The van der Waals surface area contributed by atoms with Crippen molar-refractivity contribution < 1.29 is 54.1 Å². The Hall–Kier alpha value is 0.0795. The van der Waals surface area contributed by atoms with E-state index in [0.29, 0.717) is 0 Å². The number of rotatable bonds is 7. The van der Waals surface area contributed by atoms with Crippen molar-refractivity contribution in [3.8, 4) is 0 Å². The largest absolute Gasteiger partial charge is 3.00 e. The van der Waals surface area contributed by atoms with E-state index in [1.807, 2.05) is 0 Å². The summed E-state index contributed by atoms with van der Waals surface area (Å²) < 4.78 is 11.2. The van der Waals surface area contributed by atoms with Crippen molar-refractivity contribution in [3.63, 3.8) is 0 Å². The molecule has 0 saturated carbocycles. The quantitative estimate of drug-likeness (QED) is 0.410. The molecule has 0 radical (unpaired) electrons. The van der Waals surface area contributed by atoms with Gasteiger partial charge in [-0.2, -0.15) is 0 Å². The summed E-state index contributed by atoms with van der Waals surface area (Å²) in [4.78, 5) is 0. The molecule has 0 saturated heterocycles. The molecule has 0 atom stereocenters. The Kier molecular flexibility index (Phi) is 46.1. The van der Waals surface area contributed by atoms with Crippen molar-refractivity contribution in [3.05, 3.63) is 0 Å². The topological polar surface area (TPSA) is 207 Å². The SMILES string of the molecule is CC(C)(O)C(C)(C)O.[B+3].[B+3].[O-]BOB[O-].[O-]BOB[O-].[O-]BOB[O-]. The normalized spacial score (nSPS) is 8.64. The Morgan fingerprint density at radius 3 is 0.640 bits per heavy atom. The van der Waals surface area contributed by atoms with Crippen molar-refractivity contribution in [1.82, 2.24) is 0 Å². The molecule has 0 amide bonds. The number of hydrogen-bond donors (Lipinski definition) is 2. The van der Waals surface area contributed by atoms with Crippen LogP contribution in [0.2, 0.25) is 0 Å². The maximum atomic E-state index is 9.11. The first-order valence-electron chi connectivity index (χ1n) is 6.16. The smallest absolute Gasteiger partial charge is 0.861 e. The van der Waals surface area contributed by atoms with Gasteiger partial charge in [0, 0.05) is 0 Å². The van der Waals surface area contributed by atoms with E-state index in [9.17, 15) is 0 Å². The average molecular weight is 355 g/mol. The summed E-state index contributed by atoms with van der Waals surface area (Å²) in [6.45, 7) is 6.31. The van der Waals surface area contributed by atoms with Crippen LogP contribution in [0.15, 0.2) is 0 Å². The van der Waals surface area contributed by atoms with Crippen LogP contribution in [-0.4, -0.2) is 84.4 Å². The van der Waals surface area contributed by atoms with Gasteiger partial charge in [0.1, 0.15) is 46.1 Å². The first-order chi connectivity index (χ1) is 10.5. The van der Waals surface area contributed by atoms with Gasteiger partial charge >= 0.3 is 16.8 Å². The fourth-order valence-electron chi connectivity index (χ4n) is 0.102. The van der Waals surface area contributed by atoms with E-state index in [1.165, 1.54) is 0 Å². The predicted molar refractivity (Wildman–Crippen MR) is 90.3 cm³/mol. The Morgan fingerprint density at radius 2 is 0.640 bits per heavy atom. The van der Waals surface area contributed by atoms with Gasteiger partial charge in [-0.25, -0.2) is 0 Å². The first-order valence-corrected chi connectivity index (χ1v) is 6.16. The van der Waals surface area contributed by atoms with E-state index < -0.39 is 57.3 Å². The molecule has 19 heteroatoms. The van der Waals surface area contributed by atoms with E-state index in [-0.39, 0.29) is 16.8 Å². The molecular weight excluding hydrogens is 335 g/mol. The van der Waals surface area contributed by atoms with Crippen LogP contribution in [0.1, 0.15) is 27.7 Å². The third-order valence-corrected chi connectivity index (χ3v) is 2.00. The molecule has 25 heavy (non-hydrogen) atoms. The molecule has 0 bridgehead atoms. The van der Waals surface area contributed by atoms with Gasteiger partial charge in [0.05, 0.1) is 11.2 Å². The Labute approximate surface area is 156 Å². The van der Waals surface area contributed by atoms with Crippen LogP contribution in [-0.2, 0) is 13.7 Å². The average Bonchev–Trinajstić information content (AvgIpc) is 2.41. The molecule has 0 spiro atoms. The van der Waals surface area contributed by atoms with Gasteiger partial charge in [0.2, 0.25) is 0 Å². The second kappa shape index (κ2) is 28.9. The zero-order valence-corrected chi connectivity index (χ0v) is 15.0. The van der Waals surface area contributed by atoms with E-state index in [4.69, 9.17) is 40.4 Å². The van der Waals surface area contributed by atoms with E-state index in [2.05, 4.69) is 13.7 Å². The summed E-state index contributed by atoms with van der Waals surface area (Å²) in [6, 6.07) is 0. The van der Waals surface area contributed by atoms with Crippen LogP contribution in [0, 0.1) is 0 Å². The first kappa shape index (κ1) is 39.9. The summed E-state index contributed by atoms with van der Waals surface area (Å²) in [6.07, 6.45) is 0. The maximum absolute atomic E-state index is 9.11. The van der Waals surface area contributed by atoms with Gasteiger partial charge in [-0.3, -0.25) is 0 Å². The summed E-state index contributed by atoms with van der Waals surface area (Å²) in [5, 5.41) is 72.9. The van der Waals surface area contributed by atoms with Crippen LogP contribution >= 0.6 is 0 Å². The molecule has 0 aromatic heterocycles. The fourth-order valence-corrected chi connectivity index (χ4v) is 0.102. The van der Waals surface area contributed by atoms with Crippen molar-refractivity contribution in [1.29, 1.82) is 0 Å². The Morgan fingerprint density at radius 1 is 0.520 bits per heavy atom. The van der Waals surface area contributed by atoms with Crippen molar-refractivity contribution in [2.45, 2.75) is 38.9 Å². The van der Waals surface area contributed by atoms with Crippen LogP contribution in [0.3, 0.4) is 0 Å². The Balaban J connectivity index is -0.0000000481. The summed E-state index contributed by atoms with van der Waals surface area (Å²) in [5.41, 5.74) is -2.01. The summed E-state index contributed by atoms with van der Waals surface area (Å²) in [7, 11) is -4.31. The number of hydrogen-bond acceptors (Lipinski definition) is 11. The monoisotopic (exact) mass is 356 g/mol. The Bertz CT molecular complexity index is 172. The third-order valence-electron chi connectivity index (χ3n) is 2.00. The standard InChI is InChI=1S/C6H14O2.3B2H2O3.2B/c1-5(2,7)6(3,4)8;3*3-1-5-2-4;;/h7-8H,1-4H3;3*1-2H;;/q;3*-2;2*+3. The molecule has 0 aromatic carbocycles. The molecular formula is C6H20B8O11. The zero-order valence-electron chi connectivity index (χ0n) is 15.0. The molecule has 0 fully saturated rings. The van der Waals surface area contributed by atoms with E-state index in [0.717, 1.165) is 0 Å². The van der Waals surface area contributed by atoms with Gasteiger partial charge < -0.3 is 54.1 Å². The van der Waals surface area contributed by atoms with E-state index in [1.54, 1.807) is 27.7 Å². The molecule has 0 aliphatic rings. The molecule has 0 aromatic rings. The zero-order chi connectivity index (χ0) is 19.4. The van der Waals surface area contributed by atoms with Gasteiger partial charge in [0.25, 0.3) is 0 Å². The predicted octanol–water partition coefficient (Wildman–Crippen LogP) is -11.5. The fraction of sp³-hybridized carbons (Fsp3) is 1.00. The van der Waals surface area contributed by atoms with Crippen LogP contribution in [0.25, 0.3) is 0 Å². The van der Waals surface area contributed by atoms with Crippen molar-refractivity contribution >= 4 is 62.9 Å². The molecule has 0 heterocycles. The third kappa shape index (κ3) is 51.6. The van der Waals surface area contributed by atoms with Gasteiger partial charge in [-0.15, -0.1) is 0 Å². The molecule has 0 rings (SSSR count). The van der Waals surface area contributed by atoms with Crippen LogP contribution in [0.4, 0.5) is 0 Å². The van der Waals surface area contributed by atoms with Crippen molar-refractivity contribution in [2.75, 3.05) is 0 Å². The van der Waals surface area contributed by atoms with Crippen LogP contribution < -0.4 is 30.1 Å². The summed E-state index contributed by atoms with van der Waals surface area (Å²) >= 11 is 0. The van der Waals surface area contributed by atoms with Crippen molar-refractivity contribution in [2.24, 2.45) is 0 Å². The number of aliphatic hydroxyl groups is 2. The second-order valence-corrected chi connectivity index (χ2v) is 4.44.